The van der Waals surface area contributed by atoms with Crippen LogP contribution in [0.15, 0.2) is 39.7 Å². The van der Waals surface area contributed by atoms with Gasteiger partial charge in [0.25, 0.3) is 5.56 Å². The van der Waals surface area contributed by atoms with Crippen LogP contribution in [0.4, 0.5) is 5.95 Å². The number of rotatable bonds is 4. The van der Waals surface area contributed by atoms with Crippen LogP contribution < -0.4 is 10.9 Å². The predicted octanol–water partition coefficient (Wildman–Crippen LogP) is 2.06. The van der Waals surface area contributed by atoms with Gasteiger partial charge in [0.1, 0.15) is 5.39 Å². The first kappa shape index (κ1) is 12.9. The largest absolute Gasteiger partial charge is 0.355 e. The average Bonchev–Trinajstić information content (AvgIpc) is 2.90. The highest BCUT2D eigenvalue weighted by Crippen LogP contribution is 2.16. The molecule has 0 aliphatic heterocycles. The van der Waals surface area contributed by atoms with E-state index in [1.165, 1.54) is 11.8 Å². The number of halogens is 1. The van der Waals surface area contributed by atoms with Crippen molar-refractivity contribution in [3.8, 4) is 0 Å². The van der Waals surface area contributed by atoms with Crippen LogP contribution in [0.25, 0.3) is 11.0 Å². The number of aromatic nitrogens is 4. The molecule has 0 spiro atoms. The molecule has 3 aromatic rings. The van der Waals surface area contributed by atoms with Crippen LogP contribution in [0.2, 0.25) is 0 Å². The molecule has 20 heavy (non-hydrogen) atoms. The second-order valence-electron chi connectivity index (χ2n) is 4.32. The second-order valence-corrected chi connectivity index (χ2v) is 5.17. The van der Waals surface area contributed by atoms with Crippen molar-refractivity contribution in [2.45, 2.75) is 6.42 Å². The molecule has 0 fully saturated rings. The Morgan fingerprint density at radius 2 is 2.15 bits per heavy atom. The van der Waals surface area contributed by atoms with E-state index in [4.69, 9.17) is 0 Å². The molecule has 0 saturated heterocycles. The average molecular weight is 334 g/mol. The Morgan fingerprint density at radius 3 is 3.00 bits per heavy atom. The summed E-state index contributed by atoms with van der Waals surface area (Å²) in [4.78, 5) is 18.7. The summed E-state index contributed by atoms with van der Waals surface area (Å²) in [5.74, 6) is 0.443. The monoisotopic (exact) mass is 333 g/mol. The number of aromatic amines is 2. The zero-order valence-corrected chi connectivity index (χ0v) is 12.1. The summed E-state index contributed by atoms with van der Waals surface area (Å²) in [5, 5.41) is 10.1. The van der Waals surface area contributed by atoms with Gasteiger partial charge in [0.05, 0.1) is 6.20 Å². The van der Waals surface area contributed by atoms with E-state index in [0.717, 1.165) is 10.9 Å². The Balaban J connectivity index is 1.71. The topological polar surface area (TPSA) is 86.5 Å². The van der Waals surface area contributed by atoms with Crippen molar-refractivity contribution in [3.05, 3.63) is 50.9 Å². The molecule has 102 valence electrons. The van der Waals surface area contributed by atoms with E-state index in [1.54, 1.807) is 0 Å². The number of nitrogens with one attached hydrogen (secondary N) is 3. The normalized spacial score (nSPS) is 10.8. The van der Waals surface area contributed by atoms with Gasteiger partial charge in [-0.25, -0.2) is 0 Å². The standard InChI is InChI=1S/C13H12BrN5O/c14-10-4-2-1-3-8(10)5-6-15-13-17-11-9(7-16-19-11)12(20)18-13/h1-4,7H,5-6H2,(H3,15,16,17,18,19,20). The van der Waals surface area contributed by atoms with Crippen LogP contribution in [-0.2, 0) is 6.42 Å². The Morgan fingerprint density at radius 1 is 1.30 bits per heavy atom. The lowest BCUT2D eigenvalue weighted by Gasteiger charge is -2.06. The maximum Gasteiger partial charge on any atom is 0.263 e. The minimum absolute atomic E-state index is 0.202. The van der Waals surface area contributed by atoms with Gasteiger partial charge in [-0.3, -0.25) is 14.9 Å². The highest BCUT2D eigenvalue weighted by Gasteiger charge is 2.05. The summed E-state index contributed by atoms with van der Waals surface area (Å²) in [6, 6.07) is 8.04. The quantitative estimate of drug-likeness (QED) is 0.682. The lowest BCUT2D eigenvalue weighted by Crippen LogP contribution is -2.14. The first-order valence-corrected chi connectivity index (χ1v) is 6.94. The third-order valence-corrected chi connectivity index (χ3v) is 3.74. The molecule has 0 aliphatic rings. The number of anilines is 1. The molecule has 3 rings (SSSR count). The van der Waals surface area contributed by atoms with Gasteiger partial charge in [-0.05, 0) is 18.1 Å². The van der Waals surface area contributed by atoms with Gasteiger partial charge >= 0.3 is 0 Å². The summed E-state index contributed by atoms with van der Waals surface area (Å²) in [6.45, 7) is 0.672. The molecule has 6 nitrogen and oxygen atoms in total. The Labute approximate surface area is 122 Å². The molecule has 2 heterocycles. The van der Waals surface area contributed by atoms with Crippen LogP contribution in [-0.4, -0.2) is 26.7 Å². The van der Waals surface area contributed by atoms with E-state index in [2.05, 4.69) is 47.5 Å². The van der Waals surface area contributed by atoms with Gasteiger partial charge in [0, 0.05) is 11.0 Å². The molecule has 0 atom stereocenters. The zero-order valence-electron chi connectivity index (χ0n) is 10.5. The first-order chi connectivity index (χ1) is 9.74. The van der Waals surface area contributed by atoms with E-state index in [1.807, 2.05) is 18.2 Å². The number of hydrogen-bond donors (Lipinski definition) is 3. The highest BCUT2D eigenvalue weighted by atomic mass is 79.9. The fourth-order valence-corrected chi connectivity index (χ4v) is 2.43. The molecule has 0 saturated carbocycles. The summed E-state index contributed by atoms with van der Waals surface area (Å²) in [6.07, 6.45) is 2.29. The molecule has 3 N–H and O–H groups in total. The molecule has 0 amide bonds. The van der Waals surface area contributed by atoms with Crippen LogP contribution in [0.5, 0.6) is 0 Å². The van der Waals surface area contributed by atoms with Crippen LogP contribution >= 0.6 is 15.9 Å². The molecular formula is C13H12BrN5O. The number of benzene rings is 1. The number of H-pyrrole nitrogens is 2. The van der Waals surface area contributed by atoms with E-state index >= 15 is 0 Å². The molecule has 1 aromatic carbocycles. The number of nitrogens with zero attached hydrogens (tertiary/aromatic N) is 2. The molecular weight excluding hydrogens is 322 g/mol. The molecule has 0 radical (unpaired) electrons. The van der Waals surface area contributed by atoms with Crippen molar-refractivity contribution in [1.82, 2.24) is 20.2 Å². The minimum atomic E-state index is -0.202. The number of fused-ring (bicyclic) bond motifs is 1. The Hall–Kier alpha value is -2.15. The smallest absolute Gasteiger partial charge is 0.263 e. The van der Waals surface area contributed by atoms with Gasteiger partial charge in [0.15, 0.2) is 5.65 Å². The predicted molar refractivity (Wildman–Crippen MR) is 80.8 cm³/mol. The Kier molecular flexibility index (Phi) is 3.51. The lowest BCUT2D eigenvalue weighted by atomic mass is 10.1. The van der Waals surface area contributed by atoms with E-state index in [-0.39, 0.29) is 5.56 Å². The third kappa shape index (κ3) is 2.57. The van der Waals surface area contributed by atoms with E-state index in [0.29, 0.717) is 23.5 Å². The SMILES string of the molecule is O=c1[nH]c(NCCc2ccccc2Br)nc2[nH]ncc12. The van der Waals surface area contributed by atoms with E-state index < -0.39 is 0 Å². The zero-order chi connectivity index (χ0) is 13.9. The maximum absolute atomic E-state index is 11.7. The van der Waals surface area contributed by atoms with Gasteiger partial charge < -0.3 is 5.32 Å². The van der Waals surface area contributed by atoms with Gasteiger partial charge in [-0.2, -0.15) is 10.1 Å². The summed E-state index contributed by atoms with van der Waals surface area (Å²) < 4.78 is 1.08. The fraction of sp³-hybridized carbons (Fsp3) is 0.154. The molecule has 0 unspecified atom stereocenters. The van der Waals surface area contributed by atoms with Crippen LogP contribution in [0.1, 0.15) is 5.56 Å². The van der Waals surface area contributed by atoms with Crippen molar-refractivity contribution in [2.24, 2.45) is 0 Å². The molecule has 2 aromatic heterocycles. The summed E-state index contributed by atoms with van der Waals surface area (Å²) in [7, 11) is 0. The summed E-state index contributed by atoms with van der Waals surface area (Å²) in [5.41, 5.74) is 1.48. The van der Waals surface area contributed by atoms with Gasteiger partial charge in [-0.15, -0.1) is 0 Å². The number of hydrogen-bond acceptors (Lipinski definition) is 4. The molecule has 7 heteroatoms. The van der Waals surface area contributed by atoms with Crippen molar-refractivity contribution in [3.63, 3.8) is 0 Å². The third-order valence-electron chi connectivity index (χ3n) is 2.96. The van der Waals surface area contributed by atoms with Gasteiger partial charge in [0.2, 0.25) is 5.95 Å². The highest BCUT2D eigenvalue weighted by molar-refractivity contribution is 9.10. The summed E-state index contributed by atoms with van der Waals surface area (Å²) >= 11 is 3.51. The van der Waals surface area contributed by atoms with Crippen molar-refractivity contribution in [1.29, 1.82) is 0 Å². The molecule has 0 aliphatic carbocycles. The fourth-order valence-electron chi connectivity index (χ4n) is 1.95. The first-order valence-electron chi connectivity index (χ1n) is 6.15. The maximum atomic E-state index is 11.7. The van der Waals surface area contributed by atoms with Crippen molar-refractivity contribution in [2.75, 3.05) is 11.9 Å². The van der Waals surface area contributed by atoms with Crippen LogP contribution in [0.3, 0.4) is 0 Å². The lowest BCUT2D eigenvalue weighted by molar-refractivity contribution is 0.977. The Bertz CT molecular complexity index is 795. The van der Waals surface area contributed by atoms with E-state index in [9.17, 15) is 4.79 Å². The van der Waals surface area contributed by atoms with Crippen molar-refractivity contribution < 1.29 is 0 Å². The van der Waals surface area contributed by atoms with Crippen LogP contribution in [0, 0.1) is 0 Å². The minimum Gasteiger partial charge on any atom is -0.355 e. The van der Waals surface area contributed by atoms with Gasteiger partial charge in [-0.1, -0.05) is 34.1 Å². The second kappa shape index (κ2) is 5.46. The molecule has 0 bridgehead atoms. The van der Waals surface area contributed by atoms with Crippen molar-refractivity contribution >= 4 is 32.9 Å².